The van der Waals surface area contributed by atoms with Crippen molar-refractivity contribution in [2.24, 2.45) is 5.92 Å². The Morgan fingerprint density at radius 2 is 2.16 bits per heavy atom. The van der Waals surface area contributed by atoms with E-state index in [1.807, 2.05) is 0 Å². The monoisotopic (exact) mass is 263 g/mol. The summed E-state index contributed by atoms with van der Waals surface area (Å²) >= 11 is 0. The third kappa shape index (κ3) is 3.71. The summed E-state index contributed by atoms with van der Waals surface area (Å²) in [6, 6.07) is 6.98. The molecule has 19 heavy (non-hydrogen) atoms. The molecule has 1 amide bonds. The molecule has 1 N–H and O–H groups in total. The highest BCUT2D eigenvalue weighted by Crippen LogP contribution is 2.28. The fraction of sp³-hybridized carbons (Fsp3) is 0.429. The Bertz CT molecular complexity index is 468. The van der Waals surface area contributed by atoms with E-state index >= 15 is 0 Å². The SMILES string of the molecule is COC(=O)COc1cccc(NC(=O)C2CCC2)c1. The second-order valence-electron chi connectivity index (χ2n) is 4.51. The van der Waals surface area contributed by atoms with Crippen LogP contribution in [0, 0.1) is 5.92 Å². The average molecular weight is 263 g/mol. The maximum absolute atomic E-state index is 11.8. The highest BCUT2D eigenvalue weighted by molar-refractivity contribution is 5.93. The number of esters is 1. The van der Waals surface area contributed by atoms with Gasteiger partial charge in [-0.3, -0.25) is 4.79 Å². The summed E-state index contributed by atoms with van der Waals surface area (Å²) in [4.78, 5) is 22.8. The zero-order valence-electron chi connectivity index (χ0n) is 10.8. The van der Waals surface area contributed by atoms with Crippen LogP contribution in [0.15, 0.2) is 24.3 Å². The van der Waals surface area contributed by atoms with E-state index in [-0.39, 0.29) is 18.4 Å². The molecule has 5 heteroatoms. The standard InChI is InChI=1S/C14H17NO4/c1-18-13(16)9-19-12-7-3-6-11(8-12)15-14(17)10-4-2-5-10/h3,6-8,10H,2,4-5,9H2,1H3,(H,15,17). The molecule has 1 aromatic carbocycles. The Kier molecular flexibility index (Phi) is 4.39. The lowest BCUT2D eigenvalue weighted by molar-refractivity contribution is -0.142. The first kappa shape index (κ1) is 13.4. The molecule has 0 saturated heterocycles. The van der Waals surface area contributed by atoms with Gasteiger partial charge in [0.2, 0.25) is 5.91 Å². The molecule has 5 nitrogen and oxygen atoms in total. The number of hydrogen-bond donors (Lipinski definition) is 1. The number of carbonyl (C=O) groups is 2. The van der Waals surface area contributed by atoms with E-state index in [2.05, 4.69) is 10.1 Å². The Hall–Kier alpha value is -2.04. The normalized spacial score (nSPS) is 14.4. The number of rotatable bonds is 5. The molecule has 1 aliphatic carbocycles. The first-order valence-electron chi connectivity index (χ1n) is 6.29. The minimum Gasteiger partial charge on any atom is -0.482 e. The number of carbonyl (C=O) groups excluding carboxylic acids is 2. The molecule has 0 aromatic heterocycles. The molecule has 0 heterocycles. The van der Waals surface area contributed by atoms with Gasteiger partial charge >= 0.3 is 5.97 Å². The van der Waals surface area contributed by atoms with Crippen molar-refractivity contribution >= 4 is 17.6 Å². The van der Waals surface area contributed by atoms with E-state index in [1.54, 1.807) is 24.3 Å². The minimum atomic E-state index is -0.441. The van der Waals surface area contributed by atoms with Crippen molar-refractivity contribution in [2.75, 3.05) is 19.0 Å². The topological polar surface area (TPSA) is 64.6 Å². The molecule has 0 spiro atoms. The van der Waals surface area contributed by atoms with Crippen molar-refractivity contribution < 1.29 is 19.1 Å². The first-order chi connectivity index (χ1) is 9.19. The van der Waals surface area contributed by atoms with Crippen molar-refractivity contribution in [1.82, 2.24) is 0 Å². The first-order valence-corrected chi connectivity index (χ1v) is 6.29. The molecule has 2 rings (SSSR count). The van der Waals surface area contributed by atoms with Crippen molar-refractivity contribution in [3.05, 3.63) is 24.3 Å². The molecule has 0 atom stereocenters. The van der Waals surface area contributed by atoms with E-state index < -0.39 is 5.97 Å². The number of hydrogen-bond acceptors (Lipinski definition) is 4. The van der Waals surface area contributed by atoms with Crippen LogP contribution in [-0.2, 0) is 14.3 Å². The second kappa shape index (κ2) is 6.22. The number of amides is 1. The van der Waals surface area contributed by atoms with E-state index in [0.717, 1.165) is 19.3 Å². The van der Waals surface area contributed by atoms with Crippen molar-refractivity contribution in [2.45, 2.75) is 19.3 Å². The van der Waals surface area contributed by atoms with Crippen LogP contribution in [0.3, 0.4) is 0 Å². The molecule has 1 aliphatic rings. The van der Waals surface area contributed by atoms with Crippen molar-refractivity contribution in [3.8, 4) is 5.75 Å². The smallest absolute Gasteiger partial charge is 0.343 e. The van der Waals surface area contributed by atoms with Crippen LogP contribution in [0.4, 0.5) is 5.69 Å². The van der Waals surface area contributed by atoms with Gasteiger partial charge in [-0.05, 0) is 25.0 Å². The molecule has 1 saturated carbocycles. The van der Waals surface area contributed by atoms with Crippen molar-refractivity contribution in [3.63, 3.8) is 0 Å². The van der Waals surface area contributed by atoms with Gasteiger partial charge < -0.3 is 14.8 Å². The summed E-state index contributed by atoms with van der Waals surface area (Å²) in [6.07, 6.45) is 3.05. The molecular weight excluding hydrogens is 246 g/mol. The summed E-state index contributed by atoms with van der Waals surface area (Å²) in [6.45, 7) is -0.142. The molecule has 0 unspecified atom stereocenters. The number of anilines is 1. The van der Waals surface area contributed by atoms with Gasteiger partial charge in [0.25, 0.3) is 0 Å². The second-order valence-corrected chi connectivity index (χ2v) is 4.51. The zero-order valence-corrected chi connectivity index (χ0v) is 10.8. The molecule has 0 radical (unpaired) electrons. The van der Waals surface area contributed by atoms with Gasteiger partial charge in [-0.15, -0.1) is 0 Å². The van der Waals surface area contributed by atoms with Crippen LogP contribution in [0.1, 0.15) is 19.3 Å². The zero-order chi connectivity index (χ0) is 13.7. The van der Waals surface area contributed by atoms with E-state index in [0.29, 0.717) is 11.4 Å². The molecule has 0 bridgehead atoms. The van der Waals surface area contributed by atoms with Gasteiger partial charge in [0.1, 0.15) is 5.75 Å². The molecule has 1 fully saturated rings. The van der Waals surface area contributed by atoms with Crippen molar-refractivity contribution in [1.29, 1.82) is 0 Å². The molecule has 1 aromatic rings. The Morgan fingerprint density at radius 3 is 2.79 bits per heavy atom. The fourth-order valence-electron chi connectivity index (χ4n) is 1.78. The summed E-state index contributed by atoms with van der Waals surface area (Å²) in [5.74, 6) is 0.275. The Labute approximate surface area is 111 Å². The quantitative estimate of drug-likeness (QED) is 0.825. The molecular formula is C14H17NO4. The summed E-state index contributed by atoms with van der Waals surface area (Å²) in [5, 5.41) is 2.85. The lowest BCUT2D eigenvalue weighted by Crippen LogP contribution is -2.28. The lowest BCUT2D eigenvalue weighted by atomic mass is 9.85. The van der Waals surface area contributed by atoms with E-state index in [9.17, 15) is 9.59 Å². The number of nitrogens with one attached hydrogen (secondary N) is 1. The van der Waals surface area contributed by atoms with Gasteiger partial charge in [-0.2, -0.15) is 0 Å². The van der Waals surface area contributed by atoms with Crippen LogP contribution in [-0.4, -0.2) is 25.6 Å². The third-order valence-electron chi connectivity index (χ3n) is 3.16. The van der Waals surface area contributed by atoms with Gasteiger partial charge in [-0.1, -0.05) is 12.5 Å². The average Bonchev–Trinajstić information content (AvgIpc) is 2.34. The van der Waals surface area contributed by atoms with Gasteiger partial charge in [0.15, 0.2) is 6.61 Å². The van der Waals surface area contributed by atoms with Gasteiger partial charge in [-0.25, -0.2) is 4.79 Å². The lowest BCUT2D eigenvalue weighted by Gasteiger charge is -2.24. The predicted molar refractivity (Wildman–Crippen MR) is 69.9 cm³/mol. The minimum absolute atomic E-state index is 0.0522. The van der Waals surface area contributed by atoms with Crippen LogP contribution in [0.25, 0.3) is 0 Å². The molecule has 102 valence electrons. The fourth-order valence-corrected chi connectivity index (χ4v) is 1.78. The largest absolute Gasteiger partial charge is 0.482 e. The predicted octanol–water partition coefficient (Wildman–Crippen LogP) is 1.98. The number of benzene rings is 1. The Balaban J connectivity index is 1.90. The van der Waals surface area contributed by atoms with Crippen LogP contribution in [0.5, 0.6) is 5.75 Å². The summed E-state index contributed by atoms with van der Waals surface area (Å²) < 4.78 is 9.74. The van der Waals surface area contributed by atoms with Gasteiger partial charge in [0, 0.05) is 17.7 Å². The van der Waals surface area contributed by atoms with Crippen LogP contribution in [0.2, 0.25) is 0 Å². The molecule has 0 aliphatic heterocycles. The Morgan fingerprint density at radius 1 is 1.37 bits per heavy atom. The van der Waals surface area contributed by atoms with E-state index in [1.165, 1.54) is 7.11 Å². The highest BCUT2D eigenvalue weighted by atomic mass is 16.6. The van der Waals surface area contributed by atoms with Crippen LogP contribution < -0.4 is 10.1 Å². The third-order valence-corrected chi connectivity index (χ3v) is 3.16. The highest BCUT2D eigenvalue weighted by Gasteiger charge is 2.25. The number of methoxy groups -OCH3 is 1. The number of ether oxygens (including phenoxy) is 2. The van der Waals surface area contributed by atoms with Gasteiger partial charge in [0.05, 0.1) is 7.11 Å². The summed E-state index contributed by atoms with van der Waals surface area (Å²) in [5.41, 5.74) is 0.680. The van der Waals surface area contributed by atoms with Crippen LogP contribution >= 0.6 is 0 Å². The maximum atomic E-state index is 11.8. The van der Waals surface area contributed by atoms with E-state index in [4.69, 9.17) is 4.74 Å². The maximum Gasteiger partial charge on any atom is 0.343 e. The summed E-state index contributed by atoms with van der Waals surface area (Å²) in [7, 11) is 1.31.